The summed E-state index contributed by atoms with van der Waals surface area (Å²) in [5, 5.41) is 19.1. The summed E-state index contributed by atoms with van der Waals surface area (Å²) in [4.78, 5) is 10.7. The van der Waals surface area contributed by atoms with E-state index in [2.05, 4.69) is 17.1 Å². The summed E-state index contributed by atoms with van der Waals surface area (Å²) in [5.41, 5.74) is 2.36. The molecule has 0 N–H and O–H groups in total. The monoisotopic (exact) mass is 369 g/mol. The Labute approximate surface area is 155 Å². The van der Waals surface area contributed by atoms with Crippen LogP contribution in [0.5, 0.6) is 5.75 Å². The van der Waals surface area contributed by atoms with Crippen molar-refractivity contribution in [2.75, 3.05) is 0 Å². The molecule has 0 bridgehead atoms. The quantitative estimate of drug-likeness (QED) is 0.564. The summed E-state index contributed by atoms with van der Waals surface area (Å²) in [5.74, 6) is 0.561. The molecular weight excluding hydrogens is 352 g/mol. The number of thioether (sulfide) groups is 1. The summed E-state index contributed by atoms with van der Waals surface area (Å²) >= 11 is 1.38. The molecule has 3 rings (SSSR count). The second-order valence-electron chi connectivity index (χ2n) is 5.52. The highest BCUT2D eigenvalue weighted by molar-refractivity contribution is 7.98. The zero-order chi connectivity index (χ0) is 18.4. The normalized spacial score (nSPS) is 10.7. The second-order valence-corrected chi connectivity index (χ2v) is 6.45. The highest BCUT2D eigenvalue weighted by Gasteiger charge is 2.08. The molecule has 0 saturated heterocycles. The Morgan fingerprint density at radius 2 is 1.77 bits per heavy atom. The molecule has 1 aromatic heterocycles. The van der Waals surface area contributed by atoms with Gasteiger partial charge in [-0.25, -0.2) is 0 Å². The molecule has 26 heavy (non-hydrogen) atoms. The summed E-state index contributed by atoms with van der Waals surface area (Å²) in [6.07, 6.45) is 0.987. The largest absolute Gasteiger partial charge is 0.545 e. The minimum absolute atomic E-state index is 0.156. The summed E-state index contributed by atoms with van der Waals surface area (Å²) in [7, 11) is 0. The average molecular weight is 369 g/mol. The number of carboxylic acid groups (broad SMARTS) is 1. The molecule has 134 valence electrons. The van der Waals surface area contributed by atoms with Crippen LogP contribution in [0.15, 0.2) is 58.2 Å². The first-order valence-electron chi connectivity index (χ1n) is 8.11. The maximum absolute atomic E-state index is 10.7. The van der Waals surface area contributed by atoms with Crippen LogP contribution >= 0.6 is 11.8 Å². The smallest absolute Gasteiger partial charge is 0.277 e. The number of ether oxygens (including phenoxy) is 1. The van der Waals surface area contributed by atoms with Gasteiger partial charge in [0.2, 0.25) is 0 Å². The summed E-state index contributed by atoms with van der Waals surface area (Å²) in [6, 6.07) is 14.4. The molecule has 0 aliphatic rings. The Morgan fingerprint density at radius 3 is 2.42 bits per heavy atom. The number of aromatic nitrogens is 2. The highest BCUT2D eigenvalue weighted by Crippen LogP contribution is 2.22. The van der Waals surface area contributed by atoms with Crippen molar-refractivity contribution in [1.29, 1.82) is 0 Å². The second kappa shape index (κ2) is 8.53. The molecule has 2 aromatic carbocycles. The fraction of sp³-hybridized carbons (Fsp3) is 0.211. The molecule has 6 nitrogen and oxygen atoms in total. The molecular formula is C19H17N2O4S-. The predicted molar refractivity (Wildman–Crippen MR) is 94.8 cm³/mol. The molecule has 0 unspecified atom stereocenters. The van der Waals surface area contributed by atoms with Crippen LogP contribution in [-0.4, -0.2) is 16.2 Å². The van der Waals surface area contributed by atoms with E-state index < -0.39 is 5.97 Å². The van der Waals surface area contributed by atoms with E-state index >= 15 is 0 Å². The van der Waals surface area contributed by atoms with Gasteiger partial charge in [-0.05, 0) is 35.2 Å². The van der Waals surface area contributed by atoms with Crippen molar-refractivity contribution in [1.82, 2.24) is 10.2 Å². The molecule has 3 aromatic rings. The zero-order valence-corrected chi connectivity index (χ0v) is 15.0. The van der Waals surface area contributed by atoms with E-state index in [0.717, 1.165) is 17.7 Å². The van der Waals surface area contributed by atoms with Crippen molar-refractivity contribution in [3.8, 4) is 5.75 Å². The maximum atomic E-state index is 10.7. The number of hydrogen-bond donors (Lipinski definition) is 0. The van der Waals surface area contributed by atoms with Gasteiger partial charge >= 0.3 is 0 Å². The average Bonchev–Trinajstić information content (AvgIpc) is 3.13. The van der Waals surface area contributed by atoms with E-state index in [0.29, 0.717) is 16.9 Å². The minimum Gasteiger partial charge on any atom is -0.545 e. The zero-order valence-electron chi connectivity index (χ0n) is 14.2. The molecule has 0 spiro atoms. The number of rotatable bonds is 8. The number of benzene rings is 2. The van der Waals surface area contributed by atoms with Crippen LogP contribution in [0, 0.1) is 0 Å². The summed E-state index contributed by atoms with van der Waals surface area (Å²) < 4.78 is 11.2. The van der Waals surface area contributed by atoms with E-state index in [-0.39, 0.29) is 12.2 Å². The van der Waals surface area contributed by atoms with Crippen molar-refractivity contribution in [3.63, 3.8) is 0 Å². The van der Waals surface area contributed by atoms with E-state index in [1.165, 1.54) is 29.5 Å². The third-order valence-corrected chi connectivity index (χ3v) is 4.58. The van der Waals surface area contributed by atoms with Crippen molar-refractivity contribution in [2.45, 2.75) is 30.9 Å². The third kappa shape index (κ3) is 4.86. The third-order valence-electron chi connectivity index (χ3n) is 3.69. The Hall–Kier alpha value is -2.80. The maximum Gasteiger partial charge on any atom is 0.277 e. The number of hydrogen-bond acceptors (Lipinski definition) is 7. The van der Waals surface area contributed by atoms with E-state index in [4.69, 9.17) is 9.15 Å². The fourth-order valence-corrected chi connectivity index (χ4v) is 2.94. The van der Waals surface area contributed by atoms with Gasteiger partial charge in [0.15, 0.2) is 6.61 Å². The van der Waals surface area contributed by atoms with Gasteiger partial charge in [0.05, 0.1) is 5.97 Å². The van der Waals surface area contributed by atoms with Crippen molar-refractivity contribution in [2.24, 2.45) is 0 Å². The Balaban J connectivity index is 1.50. The molecule has 7 heteroatoms. The standard InChI is InChI=1S/C19H18N2O4S/c1-2-13-5-9-16(10-6-13)24-11-17-20-21-19(25-17)26-12-14-3-7-15(8-4-14)18(22)23/h3-10H,2,11-12H2,1H3,(H,22,23)/p-1. The Bertz CT molecular complexity index is 860. The number of aromatic carboxylic acids is 1. The SMILES string of the molecule is CCc1ccc(OCc2nnc(SCc3ccc(C(=O)[O-])cc3)o2)cc1. The predicted octanol–water partition coefficient (Wildman–Crippen LogP) is 2.87. The van der Waals surface area contributed by atoms with Crippen LogP contribution in [0.1, 0.15) is 34.3 Å². The van der Waals surface area contributed by atoms with Gasteiger partial charge in [0, 0.05) is 5.75 Å². The molecule has 0 fully saturated rings. The number of nitrogens with zero attached hydrogens (tertiary/aromatic N) is 2. The molecule has 0 saturated carbocycles. The number of aryl methyl sites for hydroxylation is 1. The van der Waals surface area contributed by atoms with E-state index in [9.17, 15) is 9.90 Å². The van der Waals surface area contributed by atoms with Crippen LogP contribution < -0.4 is 9.84 Å². The van der Waals surface area contributed by atoms with Crippen molar-refractivity contribution < 1.29 is 19.1 Å². The van der Waals surface area contributed by atoms with Crippen LogP contribution in [0.2, 0.25) is 0 Å². The molecule has 0 radical (unpaired) electrons. The number of carbonyl (C=O) groups excluding carboxylic acids is 1. The lowest BCUT2D eigenvalue weighted by Gasteiger charge is -2.04. The van der Waals surface area contributed by atoms with E-state index in [1.54, 1.807) is 12.1 Å². The lowest BCUT2D eigenvalue weighted by molar-refractivity contribution is -0.255. The number of carboxylic acids is 1. The first-order valence-corrected chi connectivity index (χ1v) is 9.10. The molecule has 0 aliphatic heterocycles. The fourth-order valence-electron chi connectivity index (χ4n) is 2.20. The van der Waals surface area contributed by atoms with Crippen molar-refractivity contribution in [3.05, 3.63) is 71.1 Å². The highest BCUT2D eigenvalue weighted by atomic mass is 32.2. The Kier molecular flexibility index (Phi) is 5.91. The number of carbonyl (C=O) groups is 1. The van der Waals surface area contributed by atoms with Gasteiger partial charge in [0.1, 0.15) is 5.75 Å². The van der Waals surface area contributed by atoms with Crippen LogP contribution in [-0.2, 0) is 18.8 Å². The molecule has 1 heterocycles. The van der Waals surface area contributed by atoms with Crippen molar-refractivity contribution >= 4 is 17.7 Å². The van der Waals surface area contributed by atoms with E-state index in [1.807, 2.05) is 24.3 Å². The molecule has 0 atom stereocenters. The topological polar surface area (TPSA) is 88.3 Å². The first kappa shape index (κ1) is 18.0. The lowest BCUT2D eigenvalue weighted by atomic mass is 10.1. The van der Waals surface area contributed by atoms with Gasteiger partial charge in [-0.3, -0.25) is 0 Å². The summed E-state index contributed by atoms with van der Waals surface area (Å²) in [6.45, 7) is 2.31. The minimum atomic E-state index is -1.19. The van der Waals surface area contributed by atoms with Gasteiger partial charge in [0.25, 0.3) is 11.1 Å². The van der Waals surface area contributed by atoms with Gasteiger partial charge in [-0.1, -0.05) is 55.1 Å². The Morgan fingerprint density at radius 1 is 1.08 bits per heavy atom. The van der Waals surface area contributed by atoms with Crippen LogP contribution in [0.3, 0.4) is 0 Å². The van der Waals surface area contributed by atoms with Crippen LogP contribution in [0.25, 0.3) is 0 Å². The molecule has 0 aliphatic carbocycles. The van der Waals surface area contributed by atoms with Gasteiger partial charge in [-0.15, -0.1) is 10.2 Å². The van der Waals surface area contributed by atoms with Crippen LogP contribution in [0.4, 0.5) is 0 Å². The first-order chi connectivity index (χ1) is 12.6. The van der Waals surface area contributed by atoms with Gasteiger partial charge in [-0.2, -0.15) is 0 Å². The molecule has 0 amide bonds. The lowest BCUT2D eigenvalue weighted by Crippen LogP contribution is -2.21. The van der Waals surface area contributed by atoms with Gasteiger partial charge < -0.3 is 19.1 Å².